The molecule has 3 rings (SSSR count). The van der Waals surface area contributed by atoms with E-state index in [1.54, 1.807) is 20.8 Å². The van der Waals surface area contributed by atoms with Crippen LogP contribution in [0.1, 0.15) is 112 Å². The van der Waals surface area contributed by atoms with Crippen LogP contribution in [0.5, 0.6) is 0 Å². The average molecular weight is 721 g/mol. The minimum Gasteiger partial charge on any atom is -0.353 e. The van der Waals surface area contributed by atoms with Crippen molar-refractivity contribution in [2.24, 2.45) is 17.8 Å². The van der Waals surface area contributed by atoms with E-state index in [-0.39, 0.29) is 42.8 Å². The fraction of sp³-hybridized carbons (Fsp3) is 0.806. The summed E-state index contributed by atoms with van der Waals surface area (Å²) in [6.07, 6.45) is 8.50. The van der Waals surface area contributed by atoms with Crippen molar-refractivity contribution in [3.8, 4) is 0 Å². The van der Waals surface area contributed by atoms with Gasteiger partial charge in [0.2, 0.25) is 35.4 Å². The number of thioether (sulfide) groups is 1. The molecule has 50 heavy (non-hydrogen) atoms. The third-order valence-electron chi connectivity index (χ3n) is 9.77. The normalized spacial score (nSPS) is 28.9. The summed E-state index contributed by atoms with van der Waals surface area (Å²) in [5, 5.41) is 13.4. The number of hydrogen-bond donors (Lipinski definition) is 5. The van der Waals surface area contributed by atoms with E-state index in [0.29, 0.717) is 25.8 Å². The quantitative estimate of drug-likeness (QED) is 0.150. The van der Waals surface area contributed by atoms with Gasteiger partial charge in [-0.3, -0.25) is 33.6 Å². The van der Waals surface area contributed by atoms with E-state index in [1.165, 1.54) is 23.1 Å². The lowest BCUT2D eigenvalue weighted by Crippen LogP contribution is -2.60. The second-order valence-corrected chi connectivity index (χ2v) is 16.1. The molecule has 14 heteroatoms. The molecule has 282 valence electrons. The topological polar surface area (TPSA) is 183 Å². The molecule has 0 saturated carbocycles. The number of carbonyl (C=O) groups is 7. The van der Waals surface area contributed by atoms with Crippen LogP contribution in [0.4, 0.5) is 0 Å². The Morgan fingerprint density at radius 2 is 1.50 bits per heavy atom. The molecule has 6 amide bonds. The fourth-order valence-electron chi connectivity index (χ4n) is 6.87. The first-order chi connectivity index (χ1) is 23.7. The van der Waals surface area contributed by atoms with Crippen LogP contribution in [0.25, 0.3) is 0 Å². The zero-order chi connectivity index (χ0) is 37.0. The maximum absolute atomic E-state index is 14.1. The molecule has 0 aliphatic carbocycles. The molecule has 3 heterocycles. The predicted octanol–water partition coefficient (Wildman–Crippen LogP) is 2.21. The molecule has 3 aliphatic heterocycles. The second-order valence-electron chi connectivity index (χ2n) is 14.8. The van der Waals surface area contributed by atoms with Crippen LogP contribution in [0.2, 0.25) is 0 Å². The Morgan fingerprint density at radius 3 is 2.16 bits per heavy atom. The van der Waals surface area contributed by atoms with Crippen LogP contribution < -0.4 is 26.6 Å². The maximum Gasteiger partial charge on any atom is 0.245 e. The fourth-order valence-corrected chi connectivity index (χ4v) is 8.22. The van der Waals surface area contributed by atoms with Crippen molar-refractivity contribution < 1.29 is 33.6 Å². The van der Waals surface area contributed by atoms with Gasteiger partial charge in [0, 0.05) is 30.5 Å². The predicted molar refractivity (Wildman–Crippen MR) is 193 cm³/mol. The van der Waals surface area contributed by atoms with E-state index in [2.05, 4.69) is 33.5 Å². The van der Waals surface area contributed by atoms with Gasteiger partial charge < -0.3 is 31.5 Å². The molecule has 0 aromatic heterocycles. The van der Waals surface area contributed by atoms with Crippen molar-refractivity contribution in [1.82, 2.24) is 31.5 Å². The van der Waals surface area contributed by atoms with Crippen molar-refractivity contribution in [2.45, 2.75) is 148 Å². The molecule has 0 unspecified atom stereocenters. The first-order valence-corrected chi connectivity index (χ1v) is 19.7. The zero-order valence-electron chi connectivity index (χ0n) is 30.8. The number of carbonyl (C=O) groups excluding carboxylic acids is 7. The van der Waals surface area contributed by atoms with Crippen LogP contribution in [0, 0.1) is 17.8 Å². The summed E-state index contributed by atoms with van der Waals surface area (Å²) >= 11 is 1.26. The van der Waals surface area contributed by atoms with Crippen LogP contribution in [0.3, 0.4) is 0 Å². The Balaban J connectivity index is 1.94. The van der Waals surface area contributed by atoms with E-state index >= 15 is 0 Å². The van der Waals surface area contributed by atoms with Gasteiger partial charge in [-0.25, -0.2) is 0 Å². The Hall–Kier alpha value is -3.16. The lowest BCUT2D eigenvalue weighted by Gasteiger charge is -2.30. The van der Waals surface area contributed by atoms with E-state index in [1.807, 2.05) is 13.8 Å². The standard InChI is InChI=1S/C36H60N6O7S/c1-7-8-9-10-11-12-13-16-27(43)29-28-19-37-31(44)25(20-50-28)40-35(48)30(22(4)5)41-33(46)26-15-14-17-42(26)36(49)23(6)38-32(45)24(18-21(2)3)39-34(29)47/h21-26,28-30H,7-20H2,1-6H3,(H,37,44)(H,38,45)(H,39,47)(H,40,48)(H,41,46)/t23-,24+,25+,26+,28+,29+,30+/m1/s1. The van der Waals surface area contributed by atoms with Gasteiger partial charge in [0.15, 0.2) is 0 Å². The first kappa shape index (κ1) is 41.3. The molecule has 7 atom stereocenters. The summed E-state index contributed by atoms with van der Waals surface area (Å²) < 4.78 is 0. The van der Waals surface area contributed by atoms with Crippen LogP contribution in [0.15, 0.2) is 0 Å². The van der Waals surface area contributed by atoms with Crippen LogP contribution in [-0.2, 0) is 33.6 Å². The van der Waals surface area contributed by atoms with E-state index in [9.17, 15) is 33.6 Å². The highest BCUT2D eigenvalue weighted by Crippen LogP contribution is 2.27. The summed E-state index contributed by atoms with van der Waals surface area (Å²) in [7, 11) is 0. The molecule has 0 aromatic carbocycles. The highest BCUT2D eigenvalue weighted by molar-refractivity contribution is 8.00. The van der Waals surface area contributed by atoms with Crippen molar-refractivity contribution in [2.75, 3.05) is 18.8 Å². The lowest BCUT2D eigenvalue weighted by molar-refractivity contribution is -0.142. The van der Waals surface area contributed by atoms with Crippen molar-refractivity contribution >= 4 is 53.0 Å². The van der Waals surface area contributed by atoms with Gasteiger partial charge in [-0.1, -0.05) is 73.1 Å². The highest BCUT2D eigenvalue weighted by Gasteiger charge is 2.42. The number of fused-ring (bicyclic) bond motifs is 4. The summed E-state index contributed by atoms with van der Waals surface area (Å²) in [5.41, 5.74) is 0. The maximum atomic E-state index is 14.1. The Labute approximate surface area is 301 Å². The van der Waals surface area contributed by atoms with Crippen molar-refractivity contribution in [3.63, 3.8) is 0 Å². The molecule has 2 bridgehead atoms. The number of rotatable bonds is 12. The van der Waals surface area contributed by atoms with E-state index in [0.717, 1.165) is 32.1 Å². The molecular formula is C36H60N6O7S. The van der Waals surface area contributed by atoms with Gasteiger partial charge in [0.25, 0.3) is 0 Å². The van der Waals surface area contributed by atoms with Gasteiger partial charge in [-0.2, -0.15) is 11.8 Å². The third-order valence-corrected chi connectivity index (χ3v) is 11.2. The Kier molecular flexibility index (Phi) is 16.5. The number of unbranched alkanes of at least 4 members (excludes halogenated alkanes) is 6. The van der Waals surface area contributed by atoms with E-state index < -0.39 is 76.8 Å². The number of nitrogens with one attached hydrogen (secondary N) is 5. The summed E-state index contributed by atoms with van der Waals surface area (Å²) in [5.74, 6) is -4.70. The molecule has 3 saturated heterocycles. The van der Waals surface area contributed by atoms with Crippen molar-refractivity contribution in [1.29, 1.82) is 0 Å². The minimum atomic E-state index is -1.15. The molecule has 0 radical (unpaired) electrons. The smallest absolute Gasteiger partial charge is 0.245 e. The monoisotopic (exact) mass is 720 g/mol. The zero-order valence-corrected chi connectivity index (χ0v) is 31.6. The highest BCUT2D eigenvalue weighted by atomic mass is 32.2. The van der Waals surface area contributed by atoms with Gasteiger partial charge in [-0.15, -0.1) is 0 Å². The molecule has 0 spiro atoms. The van der Waals surface area contributed by atoms with Gasteiger partial charge in [0.05, 0.1) is 0 Å². The number of ketones is 1. The SMILES string of the molecule is CCCCCCCCCC(=O)[C@@H]1C(=O)N[C@@H](CC(C)C)C(=O)N[C@H](C)C(=O)N2CCC[C@H]2C(=O)N[C@@H](C(C)C)C(=O)N[C@H]2CS[C@H]1CNC2=O. The summed E-state index contributed by atoms with van der Waals surface area (Å²) in [6.45, 7) is 11.4. The number of Topliss-reactive ketones (excluding diaryl/α,β-unsaturated/α-hetero) is 1. The van der Waals surface area contributed by atoms with Gasteiger partial charge in [0.1, 0.15) is 41.9 Å². The number of hydrogen-bond acceptors (Lipinski definition) is 8. The largest absolute Gasteiger partial charge is 0.353 e. The Morgan fingerprint density at radius 1 is 0.820 bits per heavy atom. The third kappa shape index (κ3) is 11.7. The number of amides is 6. The average Bonchev–Trinajstić information content (AvgIpc) is 3.48. The van der Waals surface area contributed by atoms with E-state index in [4.69, 9.17) is 0 Å². The summed E-state index contributed by atoms with van der Waals surface area (Å²) in [6, 6.07) is -4.78. The second kappa shape index (κ2) is 20.0. The molecule has 3 aliphatic rings. The Bertz CT molecular complexity index is 1230. The lowest BCUT2D eigenvalue weighted by atomic mass is 9.93. The van der Waals surface area contributed by atoms with Gasteiger partial charge in [-0.05, 0) is 44.4 Å². The first-order valence-electron chi connectivity index (χ1n) is 18.7. The molecule has 13 nitrogen and oxygen atoms in total. The summed E-state index contributed by atoms with van der Waals surface area (Å²) in [4.78, 5) is 97.0. The van der Waals surface area contributed by atoms with Crippen LogP contribution in [-0.4, -0.2) is 100 Å². The van der Waals surface area contributed by atoms with Crippen molar-refractivity contribution in [3.05, 3.63) is 0 Å². The number of nitrogens with zero attached hydrogens (tertiary/aromatic N) is 1. The molecule has 0 aromatic rings. The minimum absolute atomic E-state index is 0.00278. The molecule has 3 fully saturated rings. The molecular weight excluding hydrogens is 660 g/mol. The van der Waals surface area contributed by atoms with Gasteiger partial charge >= 0.3 is 0 Å². The van der Waals surface area contributed by atoms with Crippen LogP contribution >= 0.6 is 11.8 Å². The molecule has 5 N–H and O–H groups in total.